The lowest BCUT2D eigenvalue weighted by atomic mass is 10.1. The lowest BCUT2D eigenvalue weighted by Crippen LogP contribution is -2.50. The predicted octanol–water partition coefficient (Wildman–Crippen LogP) is 4.21. The van der Waals surface area contributed by atoms with E-state index in [1.54, 1.807) is 49.4 Å². The Hall–Kier alpha value is -3.37. The molecule has 8 nitrogen and oxygen atoms in total. The van der Waals surface area contributed by atoms with Crippen LogP contribution in [0.2, 0.25) is 0 Å². The maximum Gasteiger partial charge on any atom is 0.264 e. The van der Waals surface area contributed by atoms with Gasteiger partial charge in [0.2, 0.25) is 11.8 Å². The van der Waals surface area contributed by atoms with Crippen molar-refractivity contribution in [2.24, 2.45) is 0 Å². The van der Waals surface area contributed by atoms with Gasteiger partial charge in [-0.25, -0.2) is 8.42 Å². The van der Waals surface area contributed by atoms with E-state index in [0.29, 0.717) is 18.0 Å². The van der Waals surface area contributed by atoms with Crippen LogP contribution in [0.4, 0.5) is 5.69 Å². The number of hydrogen-bond acceptors (Lipinski definition) is 5. The van der Waals surface area contributed by atoms with Crippen molar-refractivity contribution in [2.75, 3.05) is 24.5 Å². The fraction of sp³-hybridized carbons (Fsp3) is 0.259. The van der Waals surface area contributed by atoms with E-state index >= 15 is 0 Å². The summed E-state index contributed by atoms with van der Waals surface area (Å²) in [6.45, 7) is 3.55. The summed E-state index contributed by atoms with van der Waals surface area (Å²) in [5, 5.41) is 2.57. The minimum absolute atomic E-state index is 0.0505. The SMILES string of the molecule is CCOc1ccc(N(CC(=O)N(Cc2cccc(Br)c2)C(C)C(=O)NC)S(=O)(=O)c2ccccc2)cc1. The molecule has 1 atom stereocenters. The van der Waals surface area contributed by atoms with Crippen LogP contribution in [-0.2, 0) is 26.2 Å². The number of carbonyl (C=O) groups excluding carboxylic acids is 2. The minimum atomic E-state index is -4.10. The van der Waals surface area contributed by atoms with E-state index in [9.17, 15) is 18.0 Å². The Kier molecular flexibility index (Phi) is 9.71. The first kappa shape index (κ1) is 28.2. The Morgan fingerprint density at radius 1 is 1.00 bits per heavy atom. The van der Waals surface area contributed by atoms with Crippen molar-refractivity contribution in [2.45, 2.75) is 31.3 Å². The third-order valence-corrected chi connectivity index (χ3v) is 7.98. The molecular weight excluding hydrogens is 558 g/mol. The van der Waals surface area contributed by atoms with Crippen molar-refractivity contribution in [3.63, 3.8) is 0 Å². The van der Waals surface area contributed by atoms with Crippen LogP contribution in [-0.4, -0.2) is 51.4 Å². The van der Waals surface area contributed by atoms with E-state index in [1.165, 1.54) is 24.1 Å². The molecule has 0 aliphatic heterocycles. The molecule has 3 rings (SSSR count). The molecule has 2 amide bonds. The molecule has 0 saturated carbocycles. The number of ether oxygens (including phenoxy) is 1. The number of anilines is 1. The van der Waals surface area contributed by atoms with E-state index < -0.39 is 28.5 Å². The van der Waals surface area contributed by atoms with E-state index in [0.717, 1.165) is 14.3 Å². The van der Waals surface area contributed by atoms with Gasteiger partial charge in [-0.2, -0.15) is 0 Å². The van der Waals surface area contributed by atoms with Gasteiger partial charge >= 0.3 is 0 Å². The highest BCUT2D eigenvalue weighted by atomic mass is 79.9. The highest BCUT2D eigenvalue weighted by Crippen LogP contribution is 2.26. The summed E-state index contributed by atoms with van der Waals surface area (Å²) in [5.41, 5.74) is 1.09. The molecule has 0 aromatic heterocycles. The summed E-state index contributed by atoms with van der Waals surface area (Å²) >= 11 is 3.43. The Labute approximate surface area is 226 Å². The summed E-state index contributed by atoms with van der Waals surface area (Å²) < 4.78 is 34.8. The number of carbonyl (C=O) groups is 2. The molecule has 10 heteroatoms. The Balaban J connectivity index is 2.01. The van der Waals surface area contributed by atoms with Gasteiger partial charge in [-0.3, -0.25) is 13.9 Å². The Morgan fingerprint density at radius 2 is 1.68 bits per heavy atom. The number of benzene rings is 3. The number of rotatable bonds is 11. The van der Waals surface area contributed by atoms with Crippen LogP contribution in [0.1, 0.15) is 19.4 Å². The molecule has 0 aliphatic carbocycles. The average molecular weight is 589 g/mol. The summed E-state index contributed by atoms with van der Waals surface area (Å²) in [7, 11) is -2.61. The van der Waals surface area contributed by atoms with Gasteiger partial charge in [0.25, 0.3) is 10.0 Å². The molecule has 0 heterocycles. The second-order valence-electron chi connectivity index (χ2n) is 8.19. The largest absolute Gasteiger partial charge is 0.494 e. The summed E-state index contributed by atoms with van der Waals surface area (Å²) in [6, 6.07) is 21.0. The zero-order valence-electron chi connectivity index (χ0n) is 20.9. The number of sulfonamides is 1. The summed E-state index contributed by atoms with van der Waals surface area (Å²) in [4.78, 5) is 27.7. The first-order valence-corrected chi connectivity index (χ1v) is 14.0. The van der Waals surface area contributed by atoms with Gasteiger partial charge in [0.1, 0.15) is 18.3 Å². The third-order valence-electron chi connectivity index (χ3n) is 5.70. The average Bonchev–Trinajstić information content (AvgIpc) is 2.90. The molecule has 37 heavy (non-hydrogen) atoms. The van der Waals surface area contributed by atoms with E-state index in [2.05, 4.69) is 21.2 Å². The molecule has 0 bridgehead atoms. The fourth-order valence-electron chi connectivity index (χ4n) is 3.75. The molecule has 3 aromatic carbocycles. The first-order chi connectivity index (χ1) is 17.7. The number of hydrogen-bond donors (Lipinski definition) is 1. The normalized spacial score (nSPS) is 11.9. The summed E-state index contributed by atoms with van der Waals surface area (Å²) in [6.07, 6.45) is 0. The lowest BCUT2D eigenvalue weighted by molar-refractivity contribution is -0.139. The van der Waals surface area contributed by atoms with Crippen molar-refractivity contribution >= 4 is 43.5 Å². The second kappa shape index (κ2) is 12.7. The zero-order chi connectivity index (χ0) is 27.0. The van der Waals surface area contributed by atoms with Gasteiger partial charge in [0.05, 0.1) is 17.2 Å². The van der Waals surface area contributed by atoms with Crippen molar-refractivity contribution in [1.82, 2.24) is 10.2 Å². The monoisotopic (exact) mass is 587 g/mol. The molecule has 0 aliphatic rings. The van der Waals surface area contributed by atoms with E-state index in [4.69, 9.17) is 4.74 Å². The molecule has 0 fully saturated rings. The van der Waals surface area contributed by atoms with Gasteiger partial charge in [-0.05, 0) is 67.9 Å². The standard InChI is InChI=1S/C27H30BrN3O5S/c1-4-36-24-15-13-23(14-16-24)31(37(34,35)25-11-6-5-7-12-25)19-26(32)30(20(2)27(33)29-3)18-21-9-8-10-22(28)17-21/h5-17,20H,4,18-19H2,1-3H3,(H,29,33). The Bertz CT molecular complexity index is 1320. The maximum atomic E-state index is 13.7. The van der Waals surface area contributed by atoms with Gasteiger partial charge in [0, 0.05) is 18.1 Å². The predicted molar refractivity (Wildman–Crippen MR) is 147 cm³/mol. The highest BCUT2D eigenvalue weighted by Gasteiger charge is 2.32. The van der Waals surface area contributed by atoms with Crippen LogP contribution in [0, 0.1) is 0 Å². The third kappa shape index (κ3) is 7.11. The zero-order valence-corrected chi connectivity index (χ0v) is 23.3. The molecule has 0 saturated heterocycles. The van der Waals surface area contributed by atoms with Gasteiger partial charge in [-0.1, -0.05) is 46.3 Å². The number of nitrogens with one attached hydrogen (secondary N) is 1. The van der Waals surface area contributed by atoms with Crippen molar-refractivity contribution in [3.05, 3.63) is 88.9 Å². The quantitative estimate of drug-likeness (QED) is 0.362. The van der Waals surface area contributed by atoms with Crippen LogP contribution in [0.3, 0.4) is 0 Å². The fourth-order valence-corrected chi connectivity index (χ4v) is 5.63. The topological polar surface area (TPSA) is 96.0 Å². The first-order valence-electron chi connectivity index (χ1n) is 11.7. The van der Waals surface area contributed by atoms with Crippen LogP contribution in [0.5, 0.6) is 5.75 Å². The number of nitrogens with zero attached hydrogens (tertiary/aromatic N) is 2. The number of likely N-dealkylation sites (N-methyl/N-ethyl adjacent to an activating group) is 1. The van der Waals surface area contributed by atoms with Crippen molar-refractivity contribution in [1.29, 1.82) is 0 Å². The van der Waals surface area contributed by atoms with Crippen molar-refractivity contribution in [3.8, 4) is 5.75 Å². The van der Waals surface area contributed by atoms with E-state index in [-0.39, 0.29) is 17.3 Å². The number of halogens is 1. The van der Waals surface area contributed by atoms with Gasteiger partial charge < -0.3 is 15.0 Å². The van der Waals surface area contributed by atoms with Crippen LogP contribution in [0.25, 0.3) is 0 Å². The number of amides is 2. The maximum absolute atomic E-state index is 13.7. The Morgan fingerprint density at radius 3 is 2.27 bits per heavy atom. The molecule has 1 N–H and O–H groups in total. The minimum Gasteiger partial charge on any atom is -0.494 e. The van der Waals surface area contributed by atoms with Crippen molar-refractivity contribution < 1.29 is 22.7 Å². The molecule has 1 unspecified atom stereocenters. The lowest BCUT2D eigenvalue weighted by Gasteiger charge is -2.31. The smallest absolute Gasteiger partial charge is 0.264 e. The summed E-state index contributed by atoms with van der Waals surface area (Å²) in [5.74, 6) is -0.300. The molecule has 3 aromatic rings. The van der Waals surface area contributed by atoms with Gasteiger partial charge in [0.15, 0.2) is 0 Å². The van der Waals surface area contributed by atoms with Crippen LogP contribution < -0.4 is 14.4 Å². The van der Waals surface area contributed by atoms with Crippen LogP contribution >= 0.6 is 15.9 Å². The molecule has 196 valence electrons. The van der Waals surface area contributed by atoms with Crippen LogP contribution in [0.15, 0.2) is 88.2 Å². The van der Waals surface area contributed by atoms with E-state index in [1.807, 2.05) is 31.2 Å². The molecular formula is C27H30BrN3O5S. The molecule has 0 radical (unpaired) electrons. The second-order valence-corrected chi connectivity index (χ2v) is 11.0. The van der Waals surface area contributed by atoms with Gasteiger partial charge in [-0.15, -0.1) is 0 Å². The molecule has 0 spiro atoms. The highest BCUT2D eigenvalue weighted by molar-refractivity contribution is 9.10.